The quantitative estimate of drug-likeness (QED) is 0.159. The lowest BCUT2D eigenvalue weighted by atomic mass is 9.68. The van der Waals surface area contributed by atoms with E-state index in [4.69, 9.17) is 4.42 Å². The molecule has 0 spiro atoms. The first-order chi connectivity index (χ1) is 33.7. The molecule has 318 valence electrons. The number of para-hydroxylation sites is 1. The van der Waals surface area contributed by atoms with Gasteiger partial charge in [0.15, 0.2) is 0 Å². The molecule has 11 aromatic carbocycles. The molecule has 0 amide bonds. The molecule has 0 atom stereocenters. The Hall–Kier alpha value is -8.50. The van der Waals surface area contributed by atoms with Crippen LogP contribution >= 0.6 is 11.3 Å². The number of hydrogen-bond acceptors (Lipinski definition) is 3. The summed E-state index contributed by atoms with van der Waals surface area (Å²) in [5.74, 6) is 0. The Bertz CT molecular complexity index is 4070. The van der Waals surface area contributed by atoms with Crippen LogP contribution in [-0.2, 0) is 5.41 Å². The zero-order valence-corrected chi connectivity index (χ0v) is 37.8. The van der Waals surface area contributed by atoms with Crippen LogP contribution in [0.2, 0.25) is 0 Å². The third-order valence-electron chi connectivity index (χ3n) is 14.3. The van der Waals surface area contributed by atoms with Gasteiger partial charge >= 0.3 is 0 Å². The van der Waals surface area contributed by atoms with Crippen LogP contribution in [0.1, 0.15) is 22.3 Å². The molecule has 68 heavy (non-hydrogen) atoms. The first-order valence-electron chi connectivity index (χ1n) is 23.3. The van der Waals surface area contributed by atoms with Crippen molar-refractivity contribution in [2.45, 2.75) is 5.41 Å². The normalized spacial score (nSPS) is 12.8. The van der Waals surface area contributed by atoms with Crippen molar-refractivity contribution in [1.29, 1.82) is 0 Å². The maximum Gasteiger partial charge on any atom is 0.143 e. The second kappa shape index (κ2) is 15.3. The second-order valence-corrected chi connectivity index (χ2v) is 19.0. The predicted molar refractivity (Wildman–Crippen MR) is 287 cm³/mol. The summed E-state index contributed by atoms with van der Waals surface area (Å²) >= 11 is 1.86. The van der Waals surface area contributed by atoms with E-state index in [2.05, 4.69) is 254 Å². The van der Waals surface area contributed by atoms with Crippen LogP contribution in [0.4, 0.5) is 17.1 Å². The van der Waals surface area contributed by atoms with E-state index in [0.29, 0.717) is 0 Å². The Kier molecular flexibility index (Phi) is 8.71. The van der Waals surface area contributed by atoms with Gasteiger partial charge < -0.3 is 9.32 Å². The summed E-state index contributed by atoms with van der Waals surface area (Å²) in [7, 11) is 0. The molecule has 0 N–H and O–H groups in total. The summed E-state index contributed by atoms with van der Waals surface area (Å²) in [6.45, 7) is 0. The molecule has 0 fully saturated rings. The third-order valence-corrected chi connectivity index (χ3v) is 15.5. The lowest BCUT2D eigenvalue weighted by Crippen LogP contribution is -2.28. The van der Waals surface area contributed by atoms with Gasteiger partial charge in [-0.25, -0.2) is 0 Å². The molecular formula is C65H41NOS. The highest BCUT2D eigenvalue weighted by atomic mass is 32.1. The maximum atomic E-state index is 6.90. The van der Waals surface area contributed by atoms with Gasteiger partial charge in [0.2, 0.25) is 0 Å². The Labute approximate surface area is 398 Å². The molecule has 3 heteroatoms. The predicted octanol–water partition coefficient (Wildman–Crippen LogP) is 18.3. The molecule has 0 saturated carbocycles. The molecule has 0 aliphatic heterocycles. The number of hydrogen-bond donors (Lipinski definition) is 0. The molecule has 0 radical (unpaired) electrons. The Balaban J connectivity index is 0.974. The number of nitrogens with zero attached hydrogens (tertiary/aromatic N) is 1. The average molecular weight is 884 g/mol. The van der Waals surface area contributed by atoms with E-state index in [1.165, 1.54) is 70.1 Å². The van der Waals surface area contributed by atoms with Crippen molar-refractivity contribution in [3.05, 3.63) is 271 Å². The molecule has 1 aliphatic carbocycles. The summed E-state index contributed by atoms with van der Waals surface area (Å²) in [4.78, 5) is 2.44. The van der Waals surface area contributed by atoms with Crippen LogP contribution in [0.25, 0.3) is 86.3 Å². The zero-order chi connectivity index (χ0) is 44.8. The molecular weight excluding hydrogens is 843 g/mol. The van der Waals surface area contributed by atoms with Gasteiger partial charge in [-0.3, -0.25) is 0 Å². The maximum absolute atomic E-state index is 6.90. The SMILES string of the molecule is c1ccc(C2(c3ccccc3)c3ccccc3-c3cc(N(c4cccc(-c5ccc6c(c5)sc5ccccc56)c4)c4cccc(-c5cccc6c5oc5c7ccccc7ccc65)c4)ccc32)cc1. The fourth-order valence-electron chi connectivity index (χ4n) is 11.3. The van der Waals surface area contributed by atoms with Gasteiger partial charge in [-0.2, -0.15) is 0 Å². The number of thiophene rings is 1. The second-order valence-electron chi connectivity index (χ2n) is 18.0. The Morgan fingerprint density at radius 1 is 0.324 bits per heavy atom. The summed E-state index contributed by atoms with van der Waals surface area (Å²) in [5.41, 5.74) is 16.6. The minimum atomic E-state index is -0.487. The van der Waals surface area contributed by atoms with Gasteiger partial charge in [0, 0.05) is 59.0 Å². The average Bonchev–Trinajstić information content (AvgIpc) is 4.08. The van der Waals surface area contributed by atoms with Gasteiger partial charge in [0.1, 0.15) is 11.2 Å². The highest BCUT2D eigenvalue weighted by molar-refractivity contribution is 7.25. The summed E-state index contributed by atoms with van der Waals surface area (Å²) < 4.78 is 9.51. The van der Waals surface area contributed by atoms with Crippen molar-refractivity contribution in [1.82, 2.24) is 0 Å². The minimum Gasteiger partial charge on any atom is -0.455 e. The van der Waals surface area contributed by atoms with E-state index < -0.39 is 5.41 Å². The number of furan rings is 1. The van der Waals surface area contributed by atoms with Crippen LogP contribution in [-0.4, -0.2) is 0 Å². The zero-order valence-electron chi connectivity index (χ0n) is 36.9. The van der Waals surface area contributed by atoms with E-state index in [1.807, 2.05) is 11.3 Å². The van der Waals surface area contributed by atoms with Crippen molar-refractivity contribution in [3.8, 4) is 33.4 Å². The molecule has 2 heterocycles. The van der Waals surface area contributed by atoms with Gasteiger partial charge in [0.25, 0.3) is 0 Å². The highest BCUT2D eigenvalue weighted by Crippen LogP contribution is 2.57. The molecule has 0 unspecified atom stereocenters. The molecule has 0 saturated heterocycles. The van der Waals surface area contributed by atoms with Crippen molar-refractivity contribution >= 4 is 81.3 Å². The number of fused-ring (bicyclic) bond motifs is 11. The van der Waals surface area contributed by atoms with E-state index in [1.54, 1.807) is 0 Å². The van der Waals surface area contributed by atoms with E-state index in [0.717, 1.165) is 55.5 Å². The Morgan fingerprint density at radius 3 is 1.72 bits per heavy atom. The number of benzene rings is 11. The first-order valence-corrected chi connectivity index (χ1v) is 24.1. The van der Waals surface area contributed by atoms with Crippen molar-refractivity contribution in [3.63, 3.8) is 0 Å². The number of anilines is 3. The molecule has 0 bridgehead atoms. The lowest BCUT2D eigenvalue weighted by molar-refractivity contribution is 0.674. The van der Waals surface area contributed by atoms with E-state index in [-0.39, 0.29) is 0 Å². The highest BCUT2D eigenvalue weighted by Gasteiger charge is 2.46. The molecule has 2 nitrogen and oxygen atoms in total. The van der Waals surface area contributed by atoms with Gasteiger partial charge in [-0.15, -0.1) is 11.3 Å². The van der Waals surface area contributed by atoms with E-state index in [9.17, 15) is 0 Å². The van der Waals surface area contributed by atoms with Crippen molar-refractivity contribution in [2.24, 2.45) is 0 Å². The smallest absolute Gasteiger partial charge is 0.143 e. The van der Waals surface area contributed by atoms with Crippen molar-refractivity contribution in [2.75, 3.05) is 4.90 Å². The van der Waals surface area contributed by atoms with Crippen LogP contribution in [0.15, 0.2) is 253 Å². The Morgan fingerprint density at radius 2 is 0.897 bits per heavy atom. The molecule has 14 rings (SSSR count). The van der Waals surface area contributed by atoms with Crippen LogP contribution in [0, 0.1) is 0 Å². The minimum absolute atomic E-state index is 0.487. The summed E-state index contributed by atoms with van der Waals surface area (Å²) in [6, 6.07) is 91.3. The summed E-state index contributed by atoms with van der Waals surface area (Å²) in [6.07, 6.45) is 0. The third kappa shape index (κ3) is 5.83. The van der Waals surface area contributed by atoms with Gasteiger partial charge in [-0.05, 0) is 110 Å². The molecule has 13 aromatic rings. The molecule has 2 aromatic heterocycles. The van der Waals surface area contributed by atoms with Crippen LogP contribution in [0.5, 0.6) is 0 Å². The molecule has 1 aliphatic rings. The summed E-state index contributed by atoms with van der Waals surface area (Å²) in [5, 5.41) is 7.16. The standard InChI is InChI=1S/C65H41NOS/c1-3-19-46(20-4-1)65(47-21-5-2-6-22-47)59-30-11-9-26-53(59)58-41-50(34-37-60(58)65)66(48-23-13-17-43(38-48)44-33-35-55-54-27-10-12-31-61(54)68-62(55)40-44)49-24-14-18-45(39-49)52-28-15-29-56-57-36-32-42-16-7-8-25-51(42)63(57)67-64(52)56/h1-41H. The number of rotatable bonds is 7. The van der Waals surface area contributed by atoms with Gasteiger partial charge in [0.05, 0.1) is 5.41 Å². The topological polar surface area (TPSA) is 16.4 Å². The van der Waals surface area contributed by atoms with Crippen LogP contribution in [0.3, 0.4) is 0 Å². The van der Waals surface area contributed by atoms with E-state index >= 15 is 0 Å². The lowest BCUT2D eigenvalue weighted by Gasteiger charge is -2.34. The largest absolute Gasteiger partial charge is 0.455 e. The fourth-order valence-corrected chi connectivity index (χ4v) is 12.5. The monoisotopic (exact) mass is 883 g/mol. The van der Waals surface area contributed by atoms with Crippen molar-refractivity contribution < 1.29 is 4.42 Å². The van der Waals surface area contributed by atoms with Crippen LogP contribution < -0.4 is 4.90 Å². The first kappa shape index (κ1) is 38.7. The fraction of sp³-hybridized carbons (Fsp3) is 0.0154. The van der Waals surface area contributed by atoms with Gasteiger partial charge in [-0.1, -0.05) is 194 Å².